The van der Waals surface area contributed by atoms with Crippen molar-refractivity contribution in [3.05, 3.63) is 52.2 Å². The number of H-pyrrole nitrogens is 1. The molecule has 18 heavy (non-hydrogen) atoms. The van der Waals surface area contributed by atoms with E-state index in [0.717, 1.165) is 0 Å². The largest absolute Gasteiger partial charge is 0.494 e. The van der Waals surface area contributed by atoms with Crippen LogP contribution >= 0.6 is 0 Å². The number of nitrogens with zero attached hydrogens (tertiary/aromatic N) is 1. The normalized spacial score (nSPS) is 9.83. The standard InChI is InChI=1S/C13H9FN2O2/c1-18-12-3-2-8(5-11(12)14)10-4-9(6-15)13(17)16-7-10/h2-5,7H,1H3,(H,16,17). The number of ether oxygens (including phenoxy) is 1. The van der Waals surface area contributed by atoms with Gasteiger partial charge in [0, 0.05) is 6.20 Å². The fraction of sp³-hybridized carbons (Fsp3) is 0.0769. The lowest BCUT2D eigenvalue weighted by molar-refractivity contribution is 0.386. The van der Waals surface area contributed by atoms with Crippen LogP contribution in [0.1, 0.15) is 5.56 Å². The number of aromatic amines is 1. The van der Waals surface area contributed by atoms with Gasteiger partial charge in [0.1, 0.15) is 11.6 Å². The number of hydrogen-bond acceptors (Lipinski definition) is 3. The first-order valence-corrected chi connectivity index (χ1v) is 5.12. The van der Waals surface area contributed by atoms with Crippen molar-refractivity contribution < 1.29 is 9.13 Å². The van der Waals surface area contributed by atoms with Crippen LogP contribution in [0.3, 0.4) is 0 Å². The van der Waals surface area contributed by atoms with Gasteiger partial charge in [0.25, 0.3) is 5.56 Å². The molecule has 1 aromatic heterocycles. The SMILES string of the molecule is COc1ccc(-c2c[nH]c(=O)c(C#N)c2)cc1F. The molecule has 1 heterocycles. The van der Waals surface area contributed by atoms with Crippen LogP contribution < -0.4 is 10.3 Å². The average Bonchev–Trinajstić information content (AvgIpc) is 2.39. The molecule has 0 amide bonds. The number of halogens is 1. The molecule has 0 bridgehead atoms. The summed E-state index contributed by atoms with van der Waals surface area (Å²) in [7, 11) is 1.38. The molecule has 4 nitrogen and oxygen atoms in total. The molecule has 0 unspecified atom stereocenters. The maximum atomic E-state index is 13.5. The third-order valence-corrected chi connectivity index (χ3v) is 2.51. The number of hydrogen-bond donors (Lipinski definition) is 1. The van der Waals surface area contributed by atoms with Crippen LogP contribution in [-0.2, 0) is 0 Å². The Hall–Kier alpha value is -2.61. The third-order valence-electron chi connectivity index (χ3n) is 2.51. The maximum Gasteiger partial charge on any atom is 0.265 e. The Bertz CT molecular complexity index is 686. The predicted molar refractivity (Wildman–Crippen MR) is 63.7 cm³/mol. The molecule has 0 spiro atoms. The van der Waals surface area contributed by atoms with E-state index < -0.39 is 11.4 Å². The Kier molecular flexibility index (Phi) is 3.11. The second-order valence-corrected chi connectivity index (χ2v) is 3.59. The van der Waals surface area contributed by atoms with Crippen LogP contribution in [0.4, 0.5) is 4.39 Å². The van der Waals surface area contributed by atoms with E-state index in [4.69, 9.17) is 10.00 Å². The zero-order valence-electron chi connectivity index (χ0n) is 9.53. The van der Waals surface area contributed by atoms with Crippen molar-refractivity contribution in [3.8, 4) is 22.9 Å². The first-order valence-electron chi connectivity index (χ1n) is 5.12. The highest BCUT2D eigenvalue weighted by Crippen LogP contribution is 2.24. The van der Waals surface area contributed by atoms with Crippen LogP contribution in [0, 0.1) is 17.1 Å². The number of benzene rings is 1. The smallest absolute Gasteiger partial charge is 0.265 e. The molecular formula is C13H9FN2O2. The lowest BCUT2D eigenvalue weighted by atomic mass is 10.1. The summed E-state index contributed by atoms with van der Waals surface area (Å²) >= 11 is 0. The van der Waals surface area contributed by atoms with E-state index in [2.05, 4.69) is 4.98 Å². The Morgan fingerprint density at radius 2 is 2.11 bits per heavy atom. The summed E-state index contributed by atoms with van der Waals surface area (Å²) in [5.41, 5.74) is 0.646. The second kappa shape index (κ2) is 4.72. The highest BCUT2D eigenvalue weighted by atomic mass is 19.1. The van der Waals surface area contributed by atoms with Gasteiger partial charge in [-0.25, -0.2) is 4.39 Å². The van der Waals surface area contributed by atoms with E-state index in [1.165, 1.54) is 31.5 Å². The summed E-state index contributed by atoms with van der Waals surface area (Å²) in [4.78, 5) is 13.7. The van der Waals surface area contributed by atoms with Gasteiger partial charge in [-0.05, 0) is 29.3 Å². The van der Waals surface area contributed by atoms with Gasteiger partial charge in [-0.2, -0.15) is 5.26 Å². The Morgan fingerprint density at radius 1 is 1.33 bits per heavy atom. The minimum absolute atomic E-state index is 0.0104. The fourth-order valence-electron chi connectivity index (χ4n) is 1.58. The second-order valence-electron chi connectivity index (χ2n) is 3.59. The average molecular weight is 244 g/mol. The molecule has 1 aromatic carbocycles. The molecule has 0 radical (unpaired) electrons. The summed E-state index contributed by atoms with van der Waals surface area (Å²) in [5, 5.41) is 8.76. The number of methoxy groups -OCH3 is 1. The van der Waals surface area contributed by atoms with Crippen molar-refractivity contribution >= 4 is 0 Å². The summed E-state index contributed by atoms with van der Waals surface area (Å²) in [6.45, 7) is 0. The minimum atomic E-state index is -0.500. The van der Waals surface area contributed by atoms with Crippen molar-refractivity contribution in [1.82, 2.24) is 4.98 Å². The number of rotatable bonds is 2. The van der Waals surface area contributed by atoms with Crippen molar-refractivity contribution in [2.75, 3.05) is 7.11 Å². The zero-order chi connectivity index (χ0) is 13.1. The first kappa shape index (κ1) is 11.9. The molecule has 2 aromatic rings. The van der Waals surface area contributed by atoms with E-state index in [0.29, 0.717) is 11.1 Å². The number of aromatic nitrogens is 1. The number of pyridine rings is 1. The molecule has 1 N–H and O–H groups in total. The molecule has 2 rings (SSSR count). The Balaban J connectivity index is 2.53. The minimum Gasteiger partial charge on any atom is -0.494 e. The van der Waals surface area contributed by atoms with E-state index >= 15 is 0 Å². The van der Waals surface area contributed by atoms with Crippen molar-refractivity contribution in [3.63, 3.8) is 0 Å². The van der Waals surface area contributed by atoms with Crippen LogP contribution in [0.25, 0.3) is 11.1 Å². The third kappa shape index (κ3) is 2.09. The Labute approximate surface area is 102 Å². The molecule has 0 aliphatic rings. The lowest BCUT2D eigenvalue weighted by Crippen LogP contribution is -2.08. The molecular weight excluding hydrogens is 235 g/mol. The number of nitrogens with one attached hydrogen (secondary N) is 1. The summed E-state index contributed by atoms with van der Waals surface area (Å²) in [6.07, 6.45) is 1.43. The van der Waals surface area contributed by atoms with Gasteiger partial charge in [0.2, 0.25) is 0 Å². The van der Waals surface area contributed by atoms with Gasteiger partial charge in [-0.1, -0.05) is 6.07 Å². The van der Waals surface area contributed by atoms with E-state index in [9.17, 15) is 9.18 Å². The van der Waals surface area contributed by atoms with Gasteiger partial charge >= 0.3 is 0 Å². The zero-order valence-corrected chi connectivity index (χ0v) is 9.53. The van der Waals surface area contributed by atoms with E-state index in [1.54, 1.807) is 12.1 Å². The highest BCUT2D eigenvalue weighted by Gasteiger charge is 2.07. The summed E-state index contributed by atoms with van der Waals surface area (Å²) < 4.78 is 18.4. The summed E-state index contributed by atoms with van der Waals surface area (Å²) in [5.74, 6) is -0.358. The van der Waals surface area contributed by atoms with Gasteiger partial charge in [-0.15, -0.1) is 0 Å². The fourth-order valence-corrected chi connectivity index (χ4v) is 1.58. The molecule has 0 fully saturated rings. The highest BCUT2D eigenvalue weighted by molar-refractivity contribution is 5.64. The maximum absolute atomic E-state index is 13.5. The molecule has 0 atom stereocenters. The van der Waals surface area contributed by atoms with Crippen molar-refractivity contribution in [2.24, 2.45) is 0 Å². The molecule has 90 valence electrons. The Morgan fingerprint density at radius 3 is 2.72 bits per heavy atom. The topological polar surface area (TPSA) is 65.9 Å². The van der Waals surface area contributed by atoms with Crippen LogP contribution in [0.5, 0.6) is 5.75 Å². The summed E-state index contributed by atoms with van der Waals surface area (Å²) in [6, 6.07) is 7.62. The monoisotopic (exact) mass is 244 g/mol. The van der Waals surface area contributed by atoms with Crippen molar-refractivity contribution in [1.29, 1.82) is 5.26 Å². The van der Waals surface area contributed by atoms with E-state index in [1.807, 2.05) is 0 Å². The van der Waals surface area contributed by atoms with Crippen molar-refractivity contribution in [2.45, 2.75) is 0 Å². The van der Waals surface area contributed by atoms with Gasteiger partial charge in [0.05, 0.1) is 7.11 Å². The molecule has 0 aliphatic carbocycles. The predicted octanol–water partition coefficient (Wildman–Crippen LogP) is 2.06. The van der Waals surface area contributed by atoms with Crippen LogP contribution in [0.15, 0.2) is 35.3 Å². The molecule has 0 saturated heterocycles. The first-order chi connectivity index (χ1) is 8.65. The quantitative estimate of drug-likeness (QED) is 0.879. The lowest BCUT2D eigenvalue weighted by Gasteiger charge is -2.05. The van der Waals surface area contributed by atoms with Gasteiger partial charge in [0.15, 0.2) is 11.6 Å². The van der Waals surface area contributed by atoms with Gasteiger partial charge in [-0.3, -0.25) is 4.79 Å². The van der Waals surface area contributed by atoms with Crippen LogP contribution in [-0.4, -0.2) is 12.1 Å². The molecule has 0 aliphatic heterocycles. The molecule has 5 heteroatoms. The van der Waals surface area contributed by atoms with E-state index in [-0.39, 0.29) is 11.3 Å². The molecule has 0 saturated carbocycles. The van der Waals surface area contributed by atoms with Crippen LogP contribution in [0.2, 0.25) is 0 Å². The number of nitriles is 1. The van der Waals surface area contributed by atoms with Gasteiger partial charge < -0.3 is 9.72 Å².